The monoisotopic (exact) mass is 275 g/mol. The van der Waals surface area contributed by atoms with Gasteiger partial charge in [-0.1, -0.05) is 42.7 Å². The summed E-state index contributed by atoms with van der Waals surface area (Å²) < 4.78 is 0. The van der Waals surface area contributed by atoms with Gasteiger partial charge in [0.15, 0.2) is 0 Å². The van der Waals surface area contributed by atoms with Crippen LogP contribution in [0.15, 0.2) is 24.3 Å². The summed E-state index contributed by atoms with van der Waals surface area (Å²) >= 11 is 0. The van der Waals surface area contributed by atoms with Crippen LogP contribution in [0.4, 0.5) is 0 Å². The SMILES string of the molecule is Cc1ccc(CCC(=O)N2CCCCCC2CO)cc1. The van der Waals surface area contributed by atoms with Crippen LogP contribution in [0.5, 0.6) is 0 Å². The first kappa shape index (κ1) is 15.0. The third kappa shape index (κ3) is 4.07. The van der Waals surface area contributed by atoms with Crippen molar-refractivity contribution in [2.75, 3.05) is 13.2 Å². The van der Waals surface area contributed by atoms with E-state index in [1.807, 2.05) is 4.90 Å². The van der Waals surface area contributed by atoms with E-state index in [-0.39, 0.29) is 18.6 Å². The lowest BCUT2D eigenvalue weighted by Gasteiger charge is -2.28. The molecule has 110 valence electrons. The van der Waals surface area contributed by atoms with Crippen LogP contribution in [0.2, 0.25) is 0 Å². The van der Waals surface area contributed by atoms with E-state index in [4.69, 9.17) is 0 Å². The van der Waals surface area contributed by atoms with Crippen molar-refractivity contribution in [3.63, 3.8) is 0 Å². The number of nitrogens with zero attached hydrogens (tertiary/aromatic N) is 1. The van der Waals surface area contributed by atoms with Gasteiger partial charge in [0.1, 0.15) is 0 Å². The van der Waals surface area contributed by atoms with E-state index in [1.165, 1.54) is 11.1 Å². The molecule has 1 aromatic carbocycles. The molecule has 1 heterocycles. The summed E-state index contributed by atoms with van der Waals surface area (Å²) in [7, 11) is 0. The molecule has 0 aliphatic carbocycles. The van der Waals surface area contributed by atoms with E-state index in [9.17, 15) is 9.90 Å². The van der Waals surface area contributed by atoms with Crippen molar-refractivity contribution < 1.29 is 9.90 Å². The van der Waals surface area contributed by atoms with Gasteiger partial charge in [-0.25, -0.2) is 0 Å². The van der Waals surface area contributed by atoms with E-state index < -0.39 is 0 Å². The van der Waals surface area contributed by atoms with E-state index in [2.05, 4.69) is 31.2 Å². The van der Waals surface area contributed by atoms with Gasteiger partial charge in [-0.05, 0) is 31.7 Å². The summed E-state index contributed by atoms with van der Waals surface area (Å²) in [4.78, 5) is 14.3. The number of carbonyl (C=O) groups excluding carboxylic acids is 1. The standard InChI is InChI=1S/C17H25NO2/c1-14-6-8-15(9-7-14)10-11-17(20)18-12-4-2-3-5-16(18)13-19/h6-9,16,19H,2-5,10-13H2,1H3. The van der Waals surface area contributed by atoms with Crippen LogP contribution >= 0.6 is 0 Å². The fourth-order valence-electron chi connectivity index (χ4n) is 2.85. The second-order valence-corrected chi connectivity index (χ2v) is 5.76. The number of amides is 1. The molecule has 1 atom stereocenters. The third-order valence-electron chi connectivity index (χ3n) is 4.16. The minimum absolute atomic E-state index is 0.0306. The minimum atomic E-state index is 0.0306. The lowest BCUT2D eigenvalue weighted by Crippen LogP contribution is -2.42. The molecule has 1 N–H and O–H groups in total. The van der Waals surface area contributed by atoms with Crippen LogP contribution in [-0.4, -0.2) is 35.1 Å². The molecule has 1 unspecified atom stereocenters. The molecule has 1 aliphatic rings. The Morgan fingerprint density at radius 2 is 2.00 bits per heavy atom. The first-order valence-electron chi connectivity index (χ1n) is 7.66. The number of rotatable bonds is 4. The first-order chi connectivity index (χ1) is 9.70. The second-order valence-electron chi connectivity index (χ2n) is 5.76. The van der Waals surface area contributed by atoms with Gasteiger partial charge in [-0.2, -0.15) is 0 Å². The maximum atomic E-state index is 12.4. The molecule has 20 heavy (non-hydrogen) atoms. The van der Waals surface area contributed by atoms with Crippen molar-refractivity contribution in [1.82, 2.24) is 4.90 Å². The second kappa shape index (κ2) is 7.44. The summed E-state index contributed by atoms with van der Waals surface area (Å²) in [5.41, 5.74) is 2.45. The smallest absolute Gasteiger partial charge is 0.223 e. The summed E-state index contributed by atoms with van der Waals surface area (Å²) in [6.45, 7) is 2.96. The van der Waals surface area contributed by atoms with Crippen molar-refractivity contribution in [3.8, 4) is 0 Å². The minimum Gasteiger partial charge on any atom is -0.394 e. The topological polar surface area (TPSA) is 40.5 Å². The van der Waals surface area contributed by atoms with Crippen LogP contribution in [0.1, 0.15) is 43.2 Å². The highest BCUT2D eigenvalue weighted by molar-refractivity contribution is 5.76. The van der Waals surface area contributed by atoms with Gasteiger partial charge in [0, 0.05) is 13.0 Å². The molecule has 1 aromatic rings. The maximum Gasteiger partial charge on any atom is 0.223 e. The van der Waals surface area contributed by atoms with E-state index in [0.717, 1.165) is 38.6 Å². The Kier molecular flexibility index (Phi) is 5.60. The molecule has 0 aromatic heterocycles. The van der Waals surface area contributed by atoms with Gasteiger partial charge in [0.2, 0.25) is 5.91 Å². The van der Waals surface area contributed by atoms with Crippen LogP contribution in [0, 0.1) is 6.92 Å². The lowest BCUT2D eigenvalue weighted by atomic mass is 10.1. The summed E-state index contributed by atoms with van der Waals surface area (Å²) in [5, 5.41) is 9.46. The third-order valence-corrected chi connectivity index (χ3v) is 4.16. The molecule has 1 saturated heterocycles. The Bertz CT molecular complexity index is 427. The zero-order valence-corrected chi connectivity index (χ0v) is 12.3. The molecule has 0 spiro atoms. The van der Waals surface area contributed by atoms with Gasteiger partial charge in [0.25, 0.3) is 0 Å². The van der Waals surface area contributed by atoms with Crippen molar-refractivity contribution >= 4 is 5.91 Å². The molecule has 1 aliphatic heterocycles. The number of aryl methyl sites for hydroxylation is 2. The van der Waals surface area contributed by atoms with E-state index >= 15 is 0 Å². The van der Waals surface area contributed by atoms with Gasteiger partial charge in [-0.3, -0.25) is 4.79 Å². The number of aliphatic hydroxyl groups is 1. The molecule has 3 heteroatoms. The van der Waals surface area contributed by atoms with Gasteiger partial charge < -0.3 is 10.0 Å². The van der Waals surface area contributed by atoms with Crippen LogP contribution in [0.25, 0.3) is 0 Å². The summed E-state index contributed by atoms with van der Waals surface area (Å²) in [6.07, 6.45) is 5.61. The molecular weight excluding hydrogens is 250 g/mol. The number of aliphatic hydroxyl groups excluding tert-OH is 1. The molecule has 3 nitrogen and oxygen atoms in total. The van der Waals surface area contributed by atoms with Crippen molar-refractivity contribution in [2.45, 2.75) is 51.5 Å². The largest absolute Gasteiger partial charge is 0.394 e. The van der Waals surface area contributed by atoms with Crippen LogP contribution in [-0.2, 0) is 11.2 Å². The zero-order chi connectivity index (χ0) is 14.4. The zero-order valence-electron chi connectivity index (χ0n) is 12.3. The van der Waals surface area contributed by atoms with Crippen molar-refractivity contribution in [1.29, 1.82) is 0 Å². The lowest BCUT2D eigenvalue weighted by molar-refractivity contribution is -0.134. The number of hydrogen-bond acceptors (Lipinski definition) is 2. The Morgan fingerprint density at radius 1 is 1.25 bits per heavy atom. The number of hydrogen-bond donors (Lipinski definition) is 1. The highest BCUT2D eigenvalue weighted by Gasteiger charge is 2.24. The van der Waals surface area contributed by atoms with Gasteiger partial charge in [0.05, 0.1) is 12.6 Å². The molecule has 0 bridgehead atoms. The van der Waals surface area contributed by atoms with Crippen molar-refractivity contribution in [3.05, 3.63) is 35.4 Å². The number of carbonyl (C=O) groups is 1. The first-order valence-corrected chi connectivity index (χ1v) is 7.66. The summed E-state index contributed by atoms with van der Waals surface area (Å²) in [5.74, 6) is 0.187. The normalized spacial score (nSPS) is 19.7. The Hall–Kier alpha value is -1.35. The molecule has 1 fully saturated rings. The molecule has 0 saturated carbocycles. The fraction of sp³-hybridized carbons (Fsp3) is 0.588. The highest BCUT2D eigenvalue weighted by atomic mass is 16.3. The Labute approximate surface area is 121 Å². The maximum absolute atomic E-state index is 12.4. The highest BCUT2D eigenvalue weighted by Crippen LogP contribution is 2.18. The van der Waals surface area contributed by atoms with Gasteiger partial charge >= 0.3 is 0 Å². The molecule has 2 rings (SSSR count). The van der Waals surface area contributed by atoms with Crippen molar-refractivity contribution in [2.24, 2.45) is 0 Å². The van der Waals surface area contributed by atoms with Crippen LogP contribution < -0.4 is 0 Å². The van der Waals surface area contributed by atoms with Gasteiger partial charge in [-0.15, -0.1) is 0 Å². The average molecular weight is 275 g/mol. The number of likely N-dealkylation sites (tertiary alicyclic amines) is 1. The Balaban J connectivity index is 1.90. The average Bonchev–Trinajstić information content (AvgIpc) is 2.71. The van der Waals surface area contributed by atoms with Crippen LogP contribution in [0.3, 0.4) is 0 Å². The fourth-order valence-corrected chi connectivity index (χ4v) is 2.85. The summed E-state index contributed by atoms with van der Waals surface area (Å²) in [6, 6.07) is 8.39. The van der Waals surface area contributed by atoms with E-state index in [0.29, 0.717) is 6.42 Å². The quantitative estimate of drug-likeness (QED) is 0.918. The predicted molar refractivity (Wildman–Crippen MR) is 80.6 cm³/mol. The molecule has 0 radical (unpaired) electrons. The molecular formula is C17H25NO2. The van der Waals surface area contributed by atoms with E-state index in [1.54, 1.807) is 0 Å². The molecule has 1 amide bonds. The number of benzene rings is 1. The Morgan fingerprint density at radius 3 is 2.70 bits per heavy atom. The predicted octanol–water partition coefficient (Wildman–Crippen LogP) is 2.69.